The maximum Gasteiger partial charge on any atom is 0.244 e. The van der Waals surface area contributed by atoms with Crippen molar-refractivity contribution < 1.29 is 4.79 Å². The minimum Gasteiger partial charge on any atom is -0.341 e. The summed E-state index contributed by atoms with van der Waals surface area (Å²) < 4.78 is 1.70. The molecule has 0 unspecified atom stereocenters. The van der Waals surface area contributed by atoms with Gasteiger partial charge in [-0.05, 0) is 60.3 Å². The molecule has 0 atom stereocenters. The molecule has 2 aliphatic heterocycles. The number of benzene rings is 1. The molecule has 7 nitrogen and oxygen atoms in total. The maximum absolute atomic E-state index is 13.0. The summed E-state index contributed by atoms with van der Waals surface area (Å²) in [6, 6.07) is 8.63. The highest BCUT2D eigenvalue weighted by Crippen LogP contribution is 2.43. The Hall–Kier alpha value is -2.54. The predicted octanol–water partition coefficient (Wildman–Crippen LogP) is 2.64. The Labute approximate surface area is 177 Å². The Balaban J connectivity index is 1.20. The van der Waals surface area contributed by atoms with Crippen LogP contribution >= 0.6 is 0 Å². The largest absolute Gasteiger partial charge is 0.341 e. The zero-order chi connectivity index (χ0) is 20.4. The van der Waals surface area contributed by atoms with Gasteiger partial charge in [0.25, 0.3) is 0 Å². The SMILES string of the molecule is O=C(Cn1nnnc1CN1CCCCCC1)N1CCC2(C=Cc3ccccc32)CC1. The molecule has 0 saturated carbocycles. The number of hydrogen-bond acceptors (Lipinski definition) is 5. The van der Waals surface area contributed by atoms with Crippen molar-refractivity contribution in [3.05, 3.63) is 47.3 Å². The second kappa shape index (κ2) is 8.30. The van der Waals surface area contributed by atoms with Gasteiger partial charge < -0.3 is 4.90 Å². The number of carbonyl (C=O) groups is 1. The smallest absolute Gasteiger partial charge is 0.244 e. The number of amides is 1. The van der Waals surface area contributed by atoms with Gasteiger partial charge in [-0.3, -0.25) is 9.69 Å². The van der Waals surface area contributed by atoms with E-state index in [1.165, 1.54) is 36.8 Å². The molecule has 2 saturated heterocycles. The second-order valence-electron chi connectivity index (χ2n) is 8.90. The summed E-state index contributed by atoms with van der Waals surface area (Å²) in [7, 11) is 0. The fourth-order valence-corrected chi connectivity index (χ4v) is 5.21. The molecule has 5 rings (SSSR count). The lowest BCUT2D eigenvalue weighted by Crippen LogP contribution is -2.45. The van der Waals surface area contributed by atoms with Crippen molar-refractivity contribution >= 4 is 12.0 Å². The minimum absolute atomic E-state index is 0.0973. The van der Waals surface area contributed by atoms with Crippen LogP contribution < -0.4 is 0 Å². The van der Waals surface area contributed by atoms with Crippen LogP contribution in [0.1, 0.15) is 55.5 Å². The quantitative estimate of drug-likeness (QED) is 0.781. The molecule has 0 bridgehead atoms. The van der Waals surface area contributed by atoms with Gasteiger partial charge in [-0.1, -0.05) is 49.3 Å². The number of likely N-dealkylation sites (tertiary alicyclic amines) is 2. The summed E-state index contributed by atoms with van der Waals surface area (Å²) in [6.07, 6.45) is 11.6. The second-order valence-corrected chi connectivity index (χ2v) is 8.90. The zero-order valence-corrected chi connectivity index (χ0v) is 17.5. The van der Waals surface area contributed by atoms with E-state index in [-0.39, 0.29) is 17.9 Å². The van der Waals surface area contributed by atoms with Gasteiger partial charge in [0.05, 0.1) is 6.54 Å². The van der Waals surface area contributed by atoms with Gasteiger partial charge in [0.1, 0.15) is 6.54 Å². The first kappa shape index (κ1) is 19.4. The van der Waals surface area contributed by atoms with Crippen molar-refractivity contribution in [2.45, 2.75) is 57.0 Å². The van der Waals surface area contributed by atoms with Gasteiger partial charge in [-0.2, -0.15) is 0 Å². The highest BCUT2D eigenvalue weighted by molar-refractivity contribution is 5.76. The summed E-state index contributed by atoms with van der Waals surface area (Å²) in [5, 5.41) is 12.2. The first-order valence-electron chi connectivity index (χ1n) is 11.3. The lowest BCUT2D eigenvalue weighted by atomic mass is 9.74. The Morgan fingerprint density at radius 1 is 1.00 bits per heavy atom. The third kappa shape index (κ3) is 3.78. The molecule has 2 aromatic rings. The highest BCUT2D eigenvalue weighted by atomic mass is 16.2. The van der Waals surface area contributed by atoms with Gasteiger partial charge in [0, 0.05) is 18.5 Å². The molecule has 0 N–H and O–H groups in total. The summed E-state index contributed by atoms with van der Waals surface area (Å²) in [6.45, 7) is 4.69. The third-order valence-corrected chi connectivity index (χ3v) is 7.04. The topological polar surface area (TPSA) is 67.2 Å². The summed E-state index contributed by atoms with van der Waals surface area (Å²) in [5.74, 6) is 0.913. The monoisotopic (exact) mass is 406 g/mol. The molecule has 30 heavy (non-hydrogen) atoms. The van der Waals surface area contributed by atoms with Gasteiger partial charge in [0.2, 0.25) is 5.91 Å². The molecule has 1 spiro atoms. The van der Waals surface area contributed by atoms with E-state index in [1.807, 2.05) is 4.90 Å². The number of allylic oxidation sites excluding steroid dienone is 1. The van der Waals surface area contributed by atoms with Gasteiger partial charge >= 0.3 is 0 Å². The number of aromatic nitrogens is 4. The molecule has 1 aliphatic carbocycles. The molecule has 1 aromatic heterocycles. The number of nitrogens with zero attached hydrogens (tertiary/aromatic N) is 6. The maximum atomic E-state index is 13.0. The first-order valence-corrected chi connectivity index (χ1v) is 11.3. The fraction of sp³-hybridized carbons (Fsp3) is 0.565. The van der Waals surface area contributed by atoms with Crippen LogP contribution in [0.4, 0.5) is 0 Å². The van der Waals surface area contributed by atoms with Crippen molar-refractivity contribution in [1.29, 1.82) is 0 Å². The first-order chi connectivity index (χ1) is 14.7. The molecule has 1 amide bonds. The van der Waals surface area contributed by atoms with Crippen molar-refractivity contribution in [2.75, 3.05) is 26.2 Å². The number of fused-ring (bicyclic) bond motifs is 2. The van der Waals surface area contributed by atoms with Crippen molar-refractivity contribution in [3.63, 3.8) is 0 Å². The molecule has 2 fully saturated rings. The molecule has 3 heterocycles. The Morgan fingerprint density at radius 3 is 2.57 bits per heavy atom. The number of carbonyl (C=O) groups excluding carboxylic acids is 1. The van der Waals surface area contributed by atoms with E-state index in [1.54, 1.807) is 4.68 Å². The van der Waals surface area contributed by atoms with E-state index >= 15 is 0 Å². The van der Waals surface area contributed by atoms with Crippen LogP contribution in [0.25, 0.3) is 6.08 Å². The normalized spacial score (nSPS) is 21.0. The van der Waals surface area contributed by atoms with Crippen molar-refractivity contribution in [3.8, 4) is 0 Å². The summed E-state index contributed by atoms with van der Waals surface area (Å²) in [4.78, 5) is 17.4. The lowest BCUT2D eigenvalue weighted by molar-refractivity contribution is -0.133. The Bertz CT molecular complexity index is 919. The van der Waals surface area contributed by atoms with E-state index in [4.69, 9.17) is 0 Å². The van der Waals surface area contributed by atoms with Crippen LogP contribution in [0.3, 0.4) is 0 Å². The van der Waals surface area contributed by atoms with E-state index in [0.717, 1.165) is 51.4 Å². The molecule has 7 heteroatoms. The van der Waals surface area contributed by atoms with Crippen LogP contribution in [0.5, 0.6) is 0 Å². The van der Waals surface area contributed by atoms with Gasteiger partial charge in [0.15, 0.2) is 5.82 Å². The van der Waals surface area contributed by atoms with Gasteiger partial charge in [-0.25, -0.2) is 4.68 Å². The average Bonchev–Trinajstić information content (AvgIpc) is 3.24. The van der Waals surface area contributed by atoms with Crippen LogP contribution in [0.15, 0.2) is 30.3 Å². The summed E-state index contributed by atoms with van der Waals surface area (Å²) >= 11 is 0. The van der Waals surface area contributed by atoms with E-state index in [2.05, 4.69) is 56.8 Å². The molecular weight excluding hydrogens is 376 g/mol. The number of tetrazole rings is 1. The van der Waals surface area contributed by atoms with Gasteiger partial charge in [-0.15, -0.1) is 5.10 Å². The van der Waals surface area contributed by atoms with Crippen molar-refractivity contribution in [2.24, 2.45) is 0 Å². The summed E-state index contributed by atoms with van der Waals surface area (Å²) in [5.41, 5.74) is 2.83. The molecule has 1 aromatic carbocycles. The number of piperidine rings is 1. The standard InChI is InChI=1S/C23H30N6O/c30-22(18-29-21(24-25-26-29)17-27-13-5-1-2-6-14-27)28-15-11-23(12-16-28)10-9-19-7-3-4-8-20(19)23/h3-4,7-10H,1-2,5-6,11-18H2. The van der Waals surface area contributed by atoms with Crippen LogP contribution in [-0.4, -0.2) is 62.1 Å². The lowest BCUT2D eigenvalue weighted by Gasteiger charge is -2.39. The Kier molecular flexibility index (Phi) is 5.37. The van der Waals surface area contributed by atoms with E-state index < -0.39 is 0 Å². The number of hydrogen-bond donors (Lipinski definition) is 0. The molecule has 158 valence electrons. The van der Waals surface area contributed by atoms with Crippen LogP contribution in [0, 0.1) is 0 Å². The van der Waals surface area contributed by atoms with E-state index in [0.29, 0.717) is 0 Å². The molecule has 3 aliphatic rings. The van der Waals surface area contributed by atoms with Crippen LogP contribution in [0.2, 0.25) is 0 Å². The van der Waals surface area contributed by atoms with Crippen molar-refractivity contribution in [1.82, 2.24) is 30.0 Å². The zero-order valence-electron chi connectivity index (χ0n) is 17.5. The highest BCUT2D eigenvalue weighted by Gasteiger charge is 2.38. The minimum atomic E-state index is 0.0973. The van der Waals surface area contributed by atoms with E-state index in [9.17, 15) is 4.79 Å². The predicted molar refractivity (Wildman–Crippen MR) is 115 cm³/mol. The molecule has 0 radical (unpaired) electrons. The average molecular weight is 407 g/mol. The number of rotatable bonds is 4. The fourth-order valence-electron chi connectivity index (χ4n) is 5.21. The Morgan fingerprint density at radius 2 is 1.77 bits per heavy atom. The molecular formula is C23H30N6O. The third-order valence-electron chi connectivity index (χ3n) is 7.04. The van der Waals surface area contributed by atoms with Crippen LogP contribution in [-0.2, 0) is 23.3 Å².